The number of nitrogens with one attached hydrogen (secondary N) is 2. The monoisotopic (exact) mass is 446 g/mol. The normalized spacial score (nSPS) is 14.3. The number of nitrogens with zero attached hydrogens (tertiary/aromatic N) is 3. The van der Waals surface area contributed by atoms with E-state index in [0.29, 0.717) is 17.6 Å². The first-order chi connectivity index (χ1) is 15.0. The summed E-state index contributed by atoms with van der Waals surface area (Å²) in [5, 5.41) is 7.91. The van der Waals surface area contributed by atoms with Crippen LogP contribution in [0.2, 0.25) is 0 Å². The predicted molar refractivity (Wildman–Crippen MR) is 126 cm³/mol. The maximum absolute atomic E-state index is 6.32. The Bertz CT molecular complexity index is 1350. The predicted octanol–water partition coefficient (Wildman–Crippen LogP) is 4.57. The van der Waals surface area contributed by atoms with E-state index < -0.39 is 0 Å². The second-order valence-electron chi connectivity index (χ2n) is 7.12. The highest BCUT2D eigenvalue weighted by molar-refractivity contribution is 7.80. The van der Waals surface area contributed by atoms with E-state index in [-0.39, 0.29) is 15.8 Å². The van der Waals surface area contributed by atoms with Gasteiger partial charge in [0.1, 0.15) is 5.82 Å². The molecule has 9 heteroatoms. The first kappa shape index (κ1) is 19.4. The van der Waals surface area contributed by atoms with Gasteiger partial charge in [-0.1, -0.05) is 48.5 Å². The van der Waals surface area contributed by atoms with Crippen LogP contribution in [0.15, 0.2) is 60.7 Å². The van der Waals surface area contributed by atoms with Crippen LogP contribution in [0.4, 0.5) is 5.82 Å². The van der Waals surface area contributed by atoms with Crippen molar-refractivity contribution in [2.45, 2.75) is 12.8 Å². The number of aryl methyl sites for hydroxylation is 1. The summed E-state index contributed by atoms with van der Waals surface area (Å²) in [7, 11) is 0. The largest absolute Gasteiger partial charge is 0.420 e. The Morgan fingerprint density at radius 3 is 2.45 bits per heavy atom. The minimum absolute atomic E-state index is 0.119. The average Bonchev–Trinajstić information content (AvgIpc) is 3.09. The second-order valence-corrected chi connectivity index (χ2v) is 7.95. The highest BCUT2D eigenvalue weighted by Crippen LogP contribution is 2.50. The number of aromatic amines is 1. The highest BCUT2D eigenvalue weighted by Gasteiger charge is 2.37. The van der Waals surface area contributed by atoms with Crippen LogP contribution in [0.5, 0.6) is 11.8 Å². The summed E-state index contributed by atoms with van der Waals surface area (Å²) in [5.41, 5.74) is 10.3. The third kappa shape index (κ3) is 3.37. The van der Waals surface area contributed by atoms with Gasteiger partial charge < -0.3 is 20.8 Å². The first-order valence-corrected chi connectivity index (χ1v) is 10.4. The summed E-state index contributed by atoms with van der Waals surface area (Å²) < 4.78 is 8.37. The zero-order valence-electron chi connectivity index (χ0n) is 16.5. The van der Waals surface area contributed by atoms with Gasteiger partial charge in [-0.3, -0.25) is 0 Å². The molecule has 2 aromatic heterocycles. The van der Waals surface area contributed by atoms with Crippen LogP contribution < -0.4 is 15.8 Å². The van der Waals surface area contributed by atoms with E-state index in [4.69, 9.17) is 40.0 Å². The van der Waals surface area contributed by atoms with Gasteiger partial charge >= 0.3 is 0 Å². The smallest absolute Gasteiger partial charge is 0.231 e. The Balaban J connectivity index is 1.81. The van der Waals surface area contributed by atoms with E-state index in [9.17, 15) is 0 Å². The van der Waals surface area contributed by atoms with Gasteiger partial charge in [0.05, 0.1) is 28.4 Å². The maximum atomic E-state index is 6.32. The molecule has 0 aliphatic carbocycles. The van der Waals surface area contributed by atoms with Gasteiger partial charge in [0, 0.05) is 0 Å². The zero-order chi connectivity index (χ0) is 21.5. The summed E-state index contributed by atoms with van der Waals surface area (Å²) in [4.78, 5) is 7.55. The standard InChI is InChI=1S/C22H18N6OS2/c1-12-15-16(13-8-4-2-5-9-13)17-18(24-21(23)30)25-22(31)26-19(17)29-20(15)28(27-12)14-10-6-3-7-11-14/h2-11,16H,1H3,(H4,23,24,25,26,30,31). The Labute approximate surface area is 188 Å². The molecule has 4 aromatic rings. The van der Waals surface area contributed by atoms with Crippen LogP contribution in [0.3, 0.4) is 0 Å². The molecule has 2 aromatic carbocycles. The van der Waals surface area contributed by atoms with Crippen molar-refractivity contribution >= 4 is 35.4 Å². The Kier molecular flexibility index (Phi) is 4.76. The molecule has 0 saturated carbocycles. The molecule has 0 bridgehead atoms. The topological polar surface area (TPSA) is 93.8 Å². The van der Waals surface area contributed by atoms with E-state index in [1.807, 2.05) is 55.5 Å². The number of hydrogen-bond acceptors (Lipinski definition) is 5. The van der Waals surface area contributed by atoms with E-state index >= 15 is 0 Å². The molecule has 1 aliphatic heterocycles. The molecule has 5 rings (SSSR count). The summed E-state index contributed by atoms with van der Waals surface area (Å²) in [6, 6.07) is 20.0. The lowest BCUT2D eigenvalue weighted by molar-refractivity contribution is 0.402. The number of anilines is 1. The Morgan fingerprint density at radius 1 is 1.10 bits per heavy atom. The molecule has 3 heterocycles. The van der Waals surface area contributed by atoms with Gasteiger partial charge in [-0.05, 0) is 49.1 Å². The molecule has 0 radical (unpaired) electrons. The molecule has 1 aliphatic rings. The van der Waals surface area contributed by atoms with E-state index in [0.717, 1.165) is 28.1 Å². The van der Waals surface area contributed by atoms with E-state index in [2.05, 4.69) is 27.4 Å². The number of rotatable bonds is 3. The van der Waals surface area contributed by atoms with Crippen molar-refractivity contribution in [2.75, 3.05) is 5.32 Å². The molecule has 0 spiro atoms. The molecule has 0 amide bonds. The fourth-order valence-corrected chi connectivity index (χ4v) is 4.22. The second kappa shape index (κ2) is 7.60. The van der Waals surface area contributed by atoms with Crippen molar-refractivity contribution in [3.8, 4) is 17.4 Å². The number of H-pyrrole nitrogens is 1. The lowest BCUT2D eigenvalue weighted by atomic mass is 9.84. The van der Waals surface area contributed by atoms with Crippen molar-refractivity contribution in [1.82, 2.24) is 19.7 Å². The van der Waals surface area contributed by atoms with Crippen LogP contribution >= 0.6 is 24.4 Å². The summed E-state index contributed by atoms with van der Waals surface area (Å²) in [6.07, 6.45) is 0. The average molecular weight is 447 g/mol. The van der Waals surface area contributed by atoms with Crippen LogP contribution in [-0.2, 0) is 0 Å². The number of fused-ring (bicyclic) bond motifs is 2. The lowest BCUT2D eigenvalue weighted by Gasteiger charge is -2.28. The molecule has 0 fully saturated rings. The first-order valence-electron chi connectivity index (χ1n) is 9.61. The van der Waals surface area contributed by atoms with Crippen molar-refractivity contribution in [1.29, 1.82) is 0 Å². The Hall–Kier alpha value is -3.56. The van der Waals surface area contributed by atoms with Crippen molar-refractivity contribution in [2.24, 2.45) is 5.73 Å². The SMILES string of the molecule is Cc1nn(-c2ccccc2)c2c1C(c1ccccc1)c1c(nc(=S)[nH]c1NC(N)=S)O2. The molecule has 1 unspecified atom stereocenters. The van der Waals surface area contributed by atoms with Crippen LogP contribution in [-0.4, -0.2) is 24.9 Å². The molecule has 4 N–H and O–H groups in total. The van der Waals surface area contributed by atoms with Crippen LogP contribution in [0, 0.1) is 11.7 Å². The lowest BCUT2D eigenvalue weighted by Crippen LogP contribution is -2.24. The minimum atomic E-state index is -0.214. The number of ether oxygens (including phenoxy) is 1. The van der Waals surface area contributed by atoms with Crippen molar-refractivity contribution in [3.63, 3.8) is 0 Å². The fraction of sp³-hybridized carbons (Fsp3) is 0.0909. The highest BCUT2D eigenvalue weighted by atomic mass is 32.1. The van der Waals surface area contributed by atoms with E-state index in [1.165, 1.54) is 0 Å². The maximum Gasteiger partial charge on any atom is 0.231 e. The number of aromatic nitrogens is 4. The minimum Gasteiger partial charge on any atom is -0.420 e. The van der Waals surface area contributed by atoms with Crippen LogP contribution in [0.25, 0.3) is 5.69 Å². The molecule has 154 valence electrons. The number of nitrogens with two attached hydrogens (primary N) is 1. The number of hydrogen-bond donors (Lipinski definition) is 3. The summed E-state index contributed by atoms with van der Waals surface area (Å²) in [5.74, 6) is 1.35. The molecular formula is C22H18N6OS2. The summed E-state index contributed by atoms with van der Waals surface area (Å²) >= 11 is 10.4. The van der Waals surface area contributed by atoms with Gasteiger partial charge in [-0.15, -0.1) is 0 Å². The van der Waals surface area contributed by atoms with Crippen LogP contribution in [0.1, 0.15) is 28.3 Å². The van der Waals surface area contributed by atoms with Crippen molar-refractivity contribution in [3.05, 3.63) is 87.8 Å². The molecular weight excluding hydrogens is 428 g/mol. The van der Waals surface area contributed by atoms with Gasteiger partial charge in [0.2, 0.25) is 16.5 Å². The van der Waals surface area contributed by atoms with Gasteiger partial charge in [-0.25, -0.2) is 4.68 Å². The van der Waals surface area contributed by atoms with Gasteiger partial charge in [0.15, 0.2) is 5.11 Å². The number of para-hydroxylation sites is 1. The number of thiocarbonyl (C=S) groups is 1. The quantitative estimate of drug-likeness (QED) is 0.349. The zero-order valence-corrected chi connectivity index (χ0v) is 18.1. The van der Waals surface area contributed by atoms with E-state index in [1.54, 1.807) is 4.68 Å². The number of benzene rings is 2. The van der Waals surface area contributed by atoms with Gasteiger partial charge in [0.25, 0.3) is 0 Å². The van der Waals surface area contributed by atoms with Gasteiger partial charge in [-0.2, -0.15) is 10.1 Å². The third-order valence-electron chi connectivity index (χ3n) is 5.15. The molecule has 31 heavy (non-hydrogen) atoms. The fourth-order valence-electron chi connectivity index (χ4n) is 3.94. The molecule has 7 nitrogen and oxygen atoms in total. The Morgan fingerprint density at radius 2 is 1.77 bits per heavy atom. The molecule has 1 atom stereocenters. The molecule has 0 saturated heterocycles. The third-order valence-corrected chi connectivity index (χ3v) is 5.45. The van der Waals surface area contributed by atoms with Crippen molar-refractivity contribution < 1.29 is 4.74 Å². The summed E-state index contributed by atoms with van der Waals surface area (Å²) in [6.45, 7) is 1.97.